The first-order valence-corrected chi connectivity index (χ1v) is 7.64. The highest BCUT2D eigenvalue weighted by Crippen LogP contribution is 2.26. The second kappa shape index (κ2) is 6.10. The van der Waals surface area contributed by atoms with Crippen molar-refractivity contribution in [2.24, 2.45) is 5.92 Å². The zero-order chi connectivity index (χ0) is 13.9. The van der Waals surface area contributed by atoms with Gasteiger partial charge in [-0.3, -0.25) is 0 Å². The monoisotopic (exact) mass is 278 g/mol. The number of hydrogen-bond acceptors (Lipinski definition) is 3. The normalized spacial score (nSPS) is 20.4. The van der Waals surface area contributed by atoms with Crippen molar-refractivity contribution in [1.29, 1.82) is 0 Å². The Morgan fingerprint density at radius 1 is 1.20 bits per heavy atom. The van der Waals surface area contributed by atoms with Gasteiger partial charge in [-0.1, -0.05) is 6.07 Å². The quantitative estimate of drug-likeness (QED) is 0.867. The lowest BCUT2D eigenvalue weighted by Crippen LogP contribution is -2.35. The Morgan fingerprint density at radius 2 is 1.95 bits per heavy atom. The van der Waals surface area contributed by atoms with Gasteiger partial charge in [-0.05, 0) is 49.3 Å². The number of halogens is 1. The summed E-state index contributed by atoms with van der Waals surface area (Å²) in [6.07, 6.45) is 4.39. The number of aliphatic hydroxyl groups is 1. The third-order valence-electron chi connectivity index (χ3n) is 4.40. The van der Waals surface area contributed by atoms with Crippen molar-refractivity contribution in [1.82, 2.24) is 5.32 Å². The summed E-state index contributed by atoms with van der Waals surface area (Å²) in [4.78, 5) is 2.10. The van der Waals surface area contributed by atoms with Crippen LogP contribution in [-0.4, -0.2) is 30.8 Å². The lowest BCUT2D eigenvalue weighted by Gasteiger charge is -2.33. The zero-order valence-electron chi connectivity index (χ0n) is 11.8. The number of anilines is 1. The second-order valence-corrected chi connectivity index (χ2v) is 6.05. The standard InChI is InChI=1S/C16H23FN2O/c17-15-9-13(10-18-14-2-3-14)1-4-16(15)19-7-5-12(11-20)6-8-19/h1,4,9,12,14,18,20H,2-3,5-8,10-11H2. The molecule has 1 aromatic carbocycles. The maximum absolute atomic E-state index is 14.2. The van der Waals surface area contributed by atoms with Gasteiger partial charge in [0, 0.05) is 32.3 Å². The Morgan fingerprint density at radius 3 is 2.55 bits per heavy atom. The van der Waals surface area contributed by atoms with Crippen LogP contribution in [0, 0.1) is 11.7 Å². The summed E-state index contributed by atoms with van der Waals surface area (Å²) in [7, 11) is 0. The van der Waals surface area contributed by atoms with E-state index in [1.165, 1.54) is 12.8 Å². The largest absolute Gasteiger partial charge is 0.396 e. The molecule has 1 aromatic rings. The summed E-state index contributed by atoms with van der Waals surface area (Å²) in [5.74, 6) is 0.263. The highest BCUT2D eigenvalue weighted by atomic mass is 19.1. The fraction of sp³-hybridized carbons (Fsp3) is 0.625. The highest BCUT2D eigenvalue weighted by molar-refractivity contribution is 5.49. The molecule has 0 radical (unpaired) electrons. The summed E-state index contributed by atoms with van der Waals surface area (Å²) < 4.78 is 14.2. The summed E-state index contributed by atoms with van der Waals surface area (Å²) in [5, 5.41) is 12.6. The number of hydrogen-bond donors (Lipinski definition) is 2. The van der Waals surface area contributed by atoms with Crippen molar-refractivity contribution < 1.29 is 9.50 Å². The first kappa shape index (κ1) is 13.8. The van der Waals surface area contributed by atoms with E-state index in [2.05, 4.69) is 10.2 Å². The number of rotatable bonds is 5. The van der Waals surface area contributed by atoms with E-state index >= 15 is 0 Å². The minimum absolute atomic E-state index is 0.123. The average molecular weight is 278 g/mol. The maximum atomic E-state index is 14.2. The van der Waals surface area contributed by atoms with Crippen molar-refractivity contribution >= 4 is 5.69 Å². The van der Waals surface area contributed by atoms with E-state index in [1.807, 2.05) is 12.1 Å². The van der Waals surface area contributed by atoms with Gasteiger partial charge in [0.2, 0.25) is 0 Å². The molecular formula is C16H23FN2O. The topological polar surface area (TPSA) is 35.5 Å². The van der Waals surface area contributed by atoms with Crippen molar-refractivity contribution in [2.45, 2.75) is 38.3 Å². The van der Waals surface area contributed by atoms with Crippen LogP contribution in [0.2, 0.25) is 0 Å². The number of piperidine rings is 1. The van der Waals surface area contributed by atoms with Crippen LogP contribution in [0.15, 0.2) is 18.2 Å². The van der Waals surface area contributed by atoms with Gasteiger partial charge < -0.3 is 15.3 Å². The molecule has 4 heteroatoms. The average Bonchev–Trinajstić information content (AvgIpc) is 3.30. The van der Waals surface area contributed by atoms with Gasteiger partial charge in [0.1, 0.15) is 5.82 Å². The van der Waals surface area contributed by atoms with Crippen LogP contribution in [0.5, 0.6) is 0 Å². The molecule has 1 saturated carbocycles. The molecule has 0 unspecified atom stereocenters. The number of nitrogens with zero attached hydrogens (tertiary/aromatic N) is 1. The van der Waals surface area contributed by atoms with E-state index in [4.69, 9.17) is 5.11 Å². The SMILES string of the molecule is OCC1CCN(c2ccc(CNC3CC3)cc2F)CC1. The molecule has 0 aromatic heterocycles. The molecule has 2 fully saturated rings. The van der Waals surface area contributed by atoms with E-state index in [0.29, 0.717) is 17.6 Å². The van der Waals surface area contributed by atoms with Crippen molar-refractivity contribution in [3.8, 4) is 0 Å². The summed E-state index contributed by atoms with van der Waals surface area (Å²) in [6.45, 7) is 2.68. The van der Waals surface area contributed by atoms with Crippen LogP contribution in [-0.2, 0) is 6.54 Å². The van der Waals surface area contributed by atoms with Gasteiger partial charge in [-0.25, -0.2) is 4.39 Å². The lowest BCUT2D eigenvalue weighted by molar-refractivity contribution is 0.203. The first-order valence-electron chi connectivity index (χ1n) is 7.64. The van der Waals surface area contributed by atoms with Gasteiger partial charge in [0.05, 0.1) is 5.69 Å². The minimum Gasteiger partial charge on any atom is -0.396 e. The van der Waals surface area contributed by atoms with Crippen LogP contribution >= 0.6 is 0 Å². The van der Waals surface area contributed by atoms with E-state index in [1.54, 1.807) is 6.07 Å². The molecule has 20 heavy (non-hydrogen) atoms. The summed E-state index contributed by atoms with van der Waals surface area (Å²) >= 11 is 0. The van der Waals surface area contributed by atoms with Crippen LogP contribution in [0.25, 0.3) is 0 Å². The van der Waals surface area contributed by atoms with Crippen molar-refractivity contribution in [3.05, 3.63) is 29.6 Å². The smallest absolute Gasteiger partial charge is 0.146 e. The molecule has 3 nitrogen and oxygen atoms in total. The molecule has 0 bridgehead atoms. The van der Waals surface area contributed by atoms with Crippen LogP contribution < -0.4 is 10.2 Å². The van der Waals surface area contributed by atoms with Crippen LogP contribution in [0.3, 0.4) is 0 Å². The first-order chi connectivity index (χ1) is 9.76. The molecular weight excluding hydrogens is 255 g/mol. The van der Waals surface area contributed by atoms with Gasteiger partial charge >= 0.3 is 0 Å². The van der Waals surface area contributed by atoms with Crippen LogP contribution in [0.1, 0.15) is 31.2 Å². The molecule has 1 aliphatic carbocycles. The maximum Gasteiger partial charge on any atom is 0.146 e. The minimum atomic E-state index is -0.123. The second-order valence-electron chi connectivity index (χ2n) is 6.05. The van der Waals surface area contributed by atoms with Crippen molar-refractivity contribution in [3.63, 3.8) is 0 Å². The molecule has 1 saturated heterocycles. The Labute approximate surface area is 119 Å². The molecule has 0 amide bonds. The van der Waals surface area contributed by atoms with Gasteiger partial charge in [0.15, 0.2) is 0 Å². The zero-order valence-corrected chi connectivity index (χ0v) is 11.8. The van der Waals surface area contributed by atoms with Crippen molar-refractivity contribution in [2.75, 3.05) is 24.6 Å². The predicted molar refractivity (Wildman–Crippen MR) is 78.3 cm³/mol. The molecule has 0 spiro atoms. The molecule has 2 N–H and O–H groups in total. The predicted octanol–water partition coefficient (Wildman–Crippen LogP) is 2.29. The molecule has 3 rings (SSSR count). The van der Waals surface area contributed by atoms with E-state index in [-0.39, 0.29) is 12.4 Å². The molecule has 1 heterocycles. The molecule has 0 atom stereocenters. The molecule has 1 aliphatic heterocycles. The Hall–Kier alpha value is -1.13. The number of benzene rings is 1. The summed E-state index contributed by atoms with van der Waals surface area (Å²) in [6, 6.07) is 6.23. The molecule has 2 aliphatic rings. The van der Waals surface area contributed by atoms with Gasteiger partial charge in [-0.2, -0.15) is 0 Å². The number of nitrogens with one attached hydrogen (secondary N) is 1. The van der Waals surface area contributed by atoms with E-state index in [0.717, 1.165) is 38.0 Å². The van der Waals surface area contributed by atoms with Gasteiger partial charge in [0.25, 0.3) is 0 Å². The summed E-state index contributed by atoms with van der Waals surface area (Å²) in [5.41, 5.74) is 1.72. The van der Waals surface area contributed by atoms with E-state index in [9.17, 15) is 4.39 Å². The Kier molecular flexibility index (Phi) is 4.22. The van der Waals surface area contributed by atoms with Crippen LogP contribution in [0.4, 0.5) is 10.1 Å². The lowest BCUT2D eigenvalue weighted by atomic mass is 9.97. The fourth-order valence-electron chi connectivity index (χ4n) is 2.82. The number of aliphatic hydroxyl groups excluding tert-OH is 1. The third kappa shape index (κ3) is 3.30. The highest BCUT2D eigenvalue weighted by Gasteiger charge is 2.22. The third-order valence-corrected chi connectivity index (χ3v) is 4.40. The molecule has 110 valence electrons. The Bertz CT molecular complexity index is 454. The fourth-order valence-corrected chi connectivity index (χ4v) is 2.82. The Balaban J connectivity index is 1.61. The van der Waals surface area contributed by atoms with E-state index < -0.39 is 0 Å². The van der Waals surface area contributed by atoms with Gasteiger partial charge in [-0.15, -0.1) is 0 Å².